The van der Waals surface area contributed by atoms with Gasteiger partial charge in [0, 0.05) is 11.9 Å². The van der Waals surface area contributed by atoms with Crippen LogP contribution in [0.4, 0.5) is 0 Å². The fraction of sp³-hybridized carbons (Fsp3) is 0.417. The zero-order valence-corrected chi connectivity index (χ0v) is 11.2. The van der Waals surface area contributed by atoms with E-state index in [1.807, 2.05) is 12.3 Å². The summed E-state index contributed by atoms with van der Waals surface area (Å²) in [5.74, 6) is -0.0970. The maximum atomic E-state index is 12.4. The molecule has 0 saturated carbocycles. The number of rotatable bonds is 2. The molecule has 0 radical (unpaired) electrons. The highest BCUT2D eigenvalue weighted by atomic mass is 32.1. The van der Waals surface area contributed by atoms with Crippen molar-refractivity contribution in [1.29, 1.82) is 0 Å². The van der Waals surface area contributed by atoms with Crippen LogP contribution in [-0.2, 0) is 4.74 Å². The van der Waals surface area contributed by atoms with Crippen LogP contribution in [0.3, 0.4) is 0 Å². The van der Waals surface area contributed by atoms with E-state index in [0.29, 0.717) is 25.3 Å². The van der Waals surface area contributed by atoms with E-state index in [0.717, 1.165) is 10.7 Å². The Labute approximate surface area is 114 Å². The molecular weight excluding hydrogens is 266 g/mol. The van der Waals surface area contributed by atoms with Crippen molar-refractivity contribution in [2.24, 2.45) is 0 Å². The van der Waals surface area contributed by atoms with E-state index in [9.17, 15) is 4.79 Å². The van der Waals surface area contributed by atoms with Crippen LogP contribution in [0.1, 0.15) is 27.1 Å². The average Bonchev–Trinajstić information content (AvgIpc) is 3.09. The molecule has 2 aromatic heterocycles. The summed E-state index contributed by atoms with van der Waals surface area (Å²) in [5, 5.41) is 6.53. The third kappa shape index (κ3) is 2.39. The molecule has 0 N–H and O–H groups in total. The van der Waals surface area contributed by atoms with Crippen molar-refractivity contribution in [1.82, 2.24) is 15.0 Å². The Hall–Kier alpha value is -1.73. The highest BCUT2D eigenvalue weighted by Gasteiger charge is 2.31. The predicted molar refractivity (Wildman–Crippen MR) is 68.0 cm³/mol. The Morgan fingerprint density at radius 1 is 1.58 bits per heavy atom. The highest BCUT2D eigenvalue weighted by Crippen LogP contribution is 2.26. The largest absolute Gasteiger partial charge is 0.377 e. The van der Waals surface area contributed by atoms with Crippen molar-refractivity contribution in [2.75, 3.05) is 19.8 Å². The summed E-state index contributed by atoms with van der Waals surface area (Å²) in [6.07, 6.45) is 2.79. The van der Waals surface area contributed by atoms with Crippen LogP contribution < -0.4 is 0 Å². The van der Waals surface area contributed by atoms with Gasteiger partial charge in [0.15, 0.2) is 0 Å². The zero-order valence-electron chi connectivity index (χ0n) is 10.4. The lowest BCUT2D eigenvalue weighted by molar-refractivity contribution is -0.00379. The van der Waals surface area contributed by atoms with Gasteiger partial charge >= 0.3 is 0 Å². The van der Waals surface area contributed by atoms with Gasteiger partial charge in [-0.15, -0.1) is 11.3 Å². The summed E-state index contributed by atoms with van der Waals surface area (Å²) < 4.78 is 10.2. The number of thiazole rings is 1. The smallest absolute Gasteiger partial charge is 0.259 e. The number of hydrogen-bond donors (Lipinski definition) is 0. The molecule has 2 aromatic rings. The molecule has 1 aliphatic heterocycles. The number of nitrogens with zero attached hydrogens (tertiary/aromatic N) is 3. The maximum Gasteiger partial charge on any atom is 0.259 e. The summed E-state index contributed by atoms with van der Waals surface area (Å²) >= 11 is 1.57. The summed E-state index contributed by atoms with van der Waals surface area (Å²) in [7, 11) is 0. The van der Waals surface area contributed by atoms with E-state index >= 15 is 0 Å². The van der Waals surface area contributed by atoms with Crippen molar-refractivity contribution < 1.29 is 14.1 Å². The van der Waals surface area contributed by atoms with Crippen LogP contribution in [0, 0.1) is 6.92 Å². The molecule has 19 heavy (non-hydrogen) atoms. The minimum Gasteiger partial charge on any atom is -0.377 e. The Kier molecular flexibility index (Phi) is 3.31. The summed E-state index contributed by atoms with van der Waals surface area (Å²) in [5.41, 5.74) is 1.34. The molecule has 3 rings (SSSR count). The number of amides is 1. The number of hydrogen-bond acceptors (Lipinski definition) is 6. The van der Waals surface area contributed by atoms with Gasteiger partial charge in [0.25, 0.3) is 5.91 Å². The van der Waals surface area contributed by atoms with Gasteiger partial charge in [0.2, 0.25) is 0 Å². The van der Waals surface area contributed by atoms with Crippen molar-refractivity contribution >= 4 is 17.2 Å². The average molecular weight is 279 g/mol. The van der Waals surface area contributed by atoms with E-state index < -0.39 is 0 Å². The molecule has 1 aliphatic rings. The minimum absolute atomic E-state index is 0.0970. The van der Waals surface area contributed by atoms with Crippen LogP contribution >= 0.6 is 11.3 Å². The SMILES string of the molecule is Cc1nc([C@H]2COCCN2C(=O)c2cnoc2)cs1. The second-order valence-corrected chi connectivity index (χ2v) is 5.36. The van der Waals surface area contributed by atoms with E-state index in [1.165, 1.54) is 12.5 Å². The first kappa shape index (κ1) is 12.3. The Morgan fingerprint density at radius 3 is 3.16 bits per heavy atom. The van der Waals surface area contributed by atoms with Gasteiger partial charge in [0.05, 0.1) is 41.7 Å². The Balaban J connectivity index is 1.87. The molecule has 1 saturated heterocycles. The molecule has 3 heterocycles. The molecule has 0 aliphatic carbocycles. The van der Waals surface area contributed by atoms with Gasteiger partial charge in [-0.2, -0.15) is 0 Å². The number of aromatic nitrogens is 2. The Bertz CT molecular complexity index is 567. The van der Waals surface area contributed by atoms with Crippen molar-refractivity contribution in [3.63, 3.8) is 0 Å². The molecule has 1 fully saturated rings. The fourth-order valence-electron chi connectivity index (χ4n) is 2.10. The van der Waals surface area contributed by atoms with Crippen LogP contribution in [0.5, 0.6) is 0 Å². The molecule has 0 spiro atoms. The number of morpholine rings is 1. The van der Waals surface area contributed by atoms with E-state index in [2.05, 4.69) is 10.1 Å². The Morgan fingerprint density at radius 2 is 2.47 bits per heavy atom. The third-order valence-corrected chi connectivity index (χ3v) is 3.84. The maximum absolute atomic E-state index is 12.4. The first-order valence-electron chi connectivity index (χ1n) is 5.96. The second kappa shape index (κ2) is 5.10. The minimum atomic E-state index is -0.138. The molecule has 0 unspecified atom stereocenters. The lowest BCUT2D eigenvalue weighted by Crippen LogP contribution is -2.43. The summed E-state index contributed by atoms with van der Waals surface area (Å²) in [4.78, 5) is 18.6. The van der Waals surface area contributed by atoms with Gasteiger partial charge in [0.1, 0.15) is 6.26 Å². The van der Waals surface area contributed by atoms with E-state index in [1.54, 1.807) is 16.2 Å². The number of aryl methyl sites for hydroxylation is 1. The normalized spacial score (nSPS) is 19.6. The lowest BCUT2D eigenvalue weighted by atomic mass is 10.1. The summed E-state index contributed by atoms with van der Waals surface area (Å²) in [6, 6.07) is -0.138. The highest BCUT2D eigenvalue weighted by molar-refractivity contribution is 7.09. The summed E-state index contributed by atoms with van der Waals surface area (Å²) in [6.45, 7) is 3.51. The molecule has 0 bridgehead atoms. The molecule has 1 amide bonds. The van der Waals surface area contributed by atoms with Crippen molar-refractivity contribution in [3.05, 3.63) is 34.1 Å². The lowest BCUT2D eigenvalue weighted by Gasteiger charge is -2.34. The van der Waals surface area contributed by atoms with Crippen molar-refractivity contribution in [3.8, 4) is 0 Å². The van der Waals surface area contributed by atoms with Crippen molar-refractivity contribution in [2.45, 2.75) is 13.0 Å². The monoisotopic (exact) mass is 279 g/mol. The van der Waals surface area contributed by atoms with Crippen LogP contribution in [-0.4, -0.2) is 40.7 Å². The zero-order chi connectivity index (χ0) is 13.2. The molecule has 6 nitrogen and oxygen atoms in total. The third-order valence-electron chi connectivity index (χ3n) is 3.05. The number of carbonyl (C=O) groups is 1. The first-order chi connectivity index (χ1) is 9.25. The van der Waals surface area contributed by atoms with E-state index in [4.69, 9.17) is 9.26 Å². The first-order valence-corrected chi connectivity index (χ1v) is 6.84. The number of ether oxygens (including phenoxy) is 1. The van der Waals surface area contributed by atoms with Gasteiger partial charge in [-0.05, 0) is 6.92 Å². The quantitative estimate of drug-likeness (QED) is 0.836. The van der Waals surface area contributed by atoms with Gasteiger partial charge < -0.3 is 14.2 Å². The topological polar surface area (TPSA) is 68.5 Å². The number of carbonyl (C=O) groups excluding carboxylic acids is 1. The van der Waals surface area contributed by atoms with Gasteiger partial charge in [-0.25, -0.2) is 4.98 Å². The molecule has 100 valence electrons. The predicted octanol–water partition coefficient (Wildman–Crippen LogP) is 1.65. The molecule has 7 heteroatoms. The van der Waals surface area contributed by atoms with Gasteiger partial charge in [-0.3, -0.25) is 4.79 Å². The molecular formula is C12H13N3O3S. The van der Waals surface area contributed by atoms with E-state index in [-0.39, 0.29) is 11.9 Å². The standard InChI is InChI=1S/C12H13N3O3S/c1-8-14-10(7-19-8)11-6-17-3-2-15(11)12(16)9-4-13-18-5-9/h4-5,7,11H,2-3,6H2,1H3/t11-/m1/s1. The van der Waals surface area contributed by atoms with Gasteiger partial charge in [-0.1, -0.05) is 5.16 Å². The van der Waals surface area contributed by atoms with Crippen LogP contribution in [0.2, 0.25) is 0 Å². The molecule has 0 aromatic carbocycles. The second-order valence-electron chi connectivity index (χ2n) is 4.29. The fourth-order valence-corrected chi connectivity index (χ4v) is 2.76. The van der Waals surface area contributed by atoms with Crippen LogP contribution in [0.25, 0.3) is 0 Å². The van der Waals surface area contributed by atoms with Crippen LogP contribution in [0.15, 0.2) is 22.4 Å². The molecule has 1 atom stereocenters.